The van der Waals surface area contributed by atoms with Crippen molar-refractivity contribution in [3.8, 4) is 22.5 Å². The summed E-state index contributed by atoms with van der Waals surface area (Å²) in [6, 6.07) is 16.4. The van der Waals surface area contributed by atoms with Crippen LogP contribution in [0.2, 0.25) is 0 Å². The Morgan fingerprint density at radius 2 is 1.78 bits per heavy atom. The molecule has 7 heteroatoms. The first-order valence-electron chi connectivity index (χ1n) is 11.3. The van der Waals surface area contributed by atoms with E-state index in [1.54, 1.807) is 0 Å². The highest BCUT2D eigenvalue weighted by Gasteiger charge is 2.13. The predicted octanol–water partition coefficient (Wildman–Crippen LogP) is 4.54. The van der Waals surface area contributed by atoms with Crippen molar-refractivity contribution in [3.63, 3.8) is 0 Å². The average molecular weight is 431 g/mol. The predicted molar refractivity (Wildman–Crippen MR) is 126 cm³/mol. The number of rotatable bonds is 9. The van der Waals surface area contributed by atoms with Gasteiger partial charge >= 0.3 is 5.69 Å². The van der Waals surface area contributed by atoms with Gasteiger partial charge in [-0.15, -0.1) is 5.10 Å². The first kappa shape index (κ1) is 21.7. The summed E-state index contributed by atoms with van der Waals surface area (Å²) in [5.74, 6) is 1.21. The van der Waals surface area contributed by atoms with Crippen LogP contribution in [0.4, 0.5) is 0 Å². The van der Waals surface area contributed by atoms with Gasteiger partial charge in [-0.25, -0.2) is 9.89 Å². The van der Waals surface area contributed by atoms with Gasteiger partial charge in [0, 0.05) is 24.0 Å². The molecular formula is C25H30N6O. The lowest BCUT2D eigenvalue weighted by Gasteiger charge is -2.10. The average Bonchev–Trinajstić information content (AvgIpc) is 3.43. The summed E-state index contributed by atoms with van der Waals surface area (Å²) in [7, 11) is 0. The maximum Gasteiger partial charge on any atom is 0.328 e. The largest absolute Gasteiger partial charge is 0.328 e. The van der Waals surface area contributed by atoms with Crippen LogP contribution in [0.25, 0.3) is 22.5 Å². The molecule has 0 spiro atoms. The number of imidazole rings is 1. The highest BCUT2D eigenvalue weighted by atomic mass is 16.1. The van der Waals surface area contributed by atoms with Crippen molar-refractivity contribution in [2.45, 2.75) is 53.1 Å². The minimum Gasteiger partial charge on any atom is -0.299 e. The van der Waals surface area contributed by atoms with Crippen LogP contribution in [0.15, 0.2) is 59.5 Å². The molecule has 2 heterocycles. The van der Waals surface area contributed by atoms with Gasteiger partial charge in [-0.2, -0.15) is 0 Å². The number of benzene rings is 2. The number of aryl methyl sites for hydroxylation is 2. The number of nitrogens with zero attached hydrogens (tertiary/aromatic N) is 5. The molecule has 0 saturated carbocycles. The van der Waals surface area contributed by atoms with E-state index < -0.39 is 0 Å². The van der Waals surface area contributed by atoms with Crippen molar-refractivity contribution < 1.29 is 0 Å². The summed E-state index contributed by atoms with van der Waals surface area (Å²) in [6.45, 7) is 7.88. The Kier molecular flexibility index (Phi) is 6.63. The second kappa shape index (κ2) is 9.77. The highest BCUT2D eigenvalue weighted by Crippen LogP contribution is 2.29. The topological polar surface area (TPSA) is 81.4 Å². The quantitative estimate of drug-likeness (QED) is 0.423. The van der Waals surface area contributed by atoms with Crippen LogP contribution in [0.5, 0.6) is 0 Å². The maximum absolute atomic E-state index is 13.0. The second-order valence-corrected chi connectivity index (χ2v) is 8.61. The van der Waals surface area contributed by atoms with Crippen LogP contribution in [0, 0.1) is 5.92 Å². The number of hydrogen-bond donors (Lipinski definition) is 1. The van der Waals surface area contributed by atoms with Crippen LogP contribution in [0.1, 0.15) is 44.9 Å². The summed E-state index contributed by atoms with van der Waals surface area (Å²) < 4.78 is 3.80. The molecule has 0 aliphatic rings. The normalized spacial score (nSPS) is 11.4. The molecule has 0 aliphatic heterocycles. The number of H-pyrrole nitrogens is 1. The molecule has 0 amide bonds. The number of tetrazole rings is 1. The monoisotopic (exact) mass is 430 g/mol. The van der Waals surface area contributed by atoms with Gasteiger partial charge in [0.25, 0.3) is 0 Å². The molecule has 7 nitrogen and oxygen atoms in total. The first-order valence-corrected chi connectivity index (χ1v) is 11.3. The summed E-state index contributed by atoms with van der Waals surface area (Å²) in [6.07, 6.45) is 4.97. The molecule has 0 bridgehead atoms. The number of aromatic nitrogens is 6. The van der Waals surface area contributed by atoms with Crippen molar-refractivity contribution in [3.05, 3.63) is 76.5 Å². The molecule has 32 heavy (non-hydrogen) atoms. The number of aromatic amines is 1. The fourth-order valence-corrected chi connectivity index (χ4v) is 3.95. The maximum atomic E-state index is 13.0. The van der Waals surface area contributed by atoms with Crippen molar-refractivity contribution >= 4 is 0 Å². The van der Waals surface area contributed by atoms with Crippen molar-refractivity contribution in [2.75, 3.05) is 0 Å². The molecular weight excluding hydrogens is 400 g/mol. The van der Waals surface area contributed by atoms with Gasteiger partial charge in [0.05, 0.1) is 6.54 Å². The van der Waals surface area contributed by atoms with Gasteiger partial charge in [0.1, 0.15) is 0 Å². The summed E-state index contributed by atoms with van der Waals surface area (Å²) in [5.41, 5.74) is 5.38. The van der Waals surface area contributed by atoms with Gasteiger partial charge in [0.15, 0.2) is 5.82 Å². The lowest BCUT2D eigenvalue weighted by Crippen LogP contribution is -2.26. The minimum atomic E-state index is 0.0846. The molecule has 166 valence electrons. The highest BCUT2D eigenvalue weighted by molar-refractivity contribution is 5.80. The molecule has 4 aromatic rings. The van der Waals surface area contributed by atoms with E-state index in [-0.39, 0.29) is 5.69 Å². The van der Waals surface area contributed by atoms with E-state index in [9.17, 15) is 4.79 Å². The van der Waals surface area contributed by atoms with Crippen molar-refractivity contribution in [1.82, 2.24) is 29.8 Å². The zero-order valence-corrected chi connectivity index (χ0v) is 19.0. The van der Waals surface area contributed by atoms with E-state index in [1.165, 1.54) is 0 Å². The standard InChI is InChI=1S/C25H30N6O/c1-4-7-21-17-30(15-14-18(2)3)25(32)31(21)16-19-10-12-20(13-11-19)22-8-5-6-9-23(22)24-26-28-29-27-24/h5-6,8-13,17-18H,4,7,14-16H2,1-3H3,(H,26,27,28,29). The van der Waals surface area contributed by atoms with E-state index >= 15 is 0 Å². The molecule has 0 fully saturated rings. The first-order chi connectivity index (χ1) is 15.6. The Morgan fingerprint density at radius 1 is 1.03 bits per heavy atom. The molecule has 0 aliphatic carbocycles. The Morgan fingerprint density at radius 3 is 2.44 bits per heavy atom. The third-order valence-corrected chi connectivity index (χ3v) is 5.71. The Balaban J connectivity index is 1.60. The Labute approximate surface area is 188 Å². The van der Waals surface area contributed by atoms with Crippen LogP contribution < -0.4 is 5.69 Å². The fraction of sp³-hybridized carbons (Fsp3) is 0.360. The van der Waals surface area contributed by atoms with Crippen LogP contribution in [-0.2, 0) is 19.5 Å². The number of nitrogens with one attached hydrogen (secondary N) is 1. The summed E-state index contributed by atoms with van der Waals surface area (Å²) in [5, 5.41) is 14.3. The molecule has 4 rings (SSSR count). The third kappa shape index (κ3) is 4.72. The van der Waals surface area contributed by atoms with E-state index in [1.807, 2.05) is 33.5 Å². The Hall–Kier alpha value is -3.48. The van der Waals surface area contributed by atoms with E-state index in [2.05, 4.69) is 71.7 Å². The third-order valence-electron chi connectivity index (χ3n) is 5.71. The van der Waals surface area contributed by atoms with Crippen LogP contribution in [-0.4, -0.2) is 29.8 Å². The van der Waals surface area contributed by atoms with Gasteiger partial charge in [0.2, 0.25) is 0 Å². The lowest BCUT2D eigenvalue weighted by molar-refractivity contribution is 0.502. The van der Waals surface area contributed by atoms with E-state index in [4.69, 9.17) is 0 Å². The fourth-order valence-electron chi connectivity index (χ4n) is 3.95. The SMILES string of the molecule is CCCc1cn(CCC(C)C)c(=O)n1Cc1ccc(-c2ccccc2-c2nnn[nH]2)cc1. The molecule has 1 N–H and O–H groups in total. The molecule has 0 atom stereocenters. The molecule has 0 unspecified atom stereocenters. The van der Waals surface area contributed by atoms with Gasteiger partial charge < -0.3 is 0 Å². The summed E-state index contributed by atoms with van der Waals surface area (Å²) in [4.78, 5) is 13.0. The smallest absolute Gasteiger partial charge is 0.299 e. The van der Waals surface area contributed by atoms with Crippen LogP contribution in [0.3, 0.4) is 0 Å². The van der Waals surface area contributed by atoms with E-state index in [0.29, 0.717) is 18.3 Å². The zero-order chi connectivity index (χ0) is 22.5. The van der Waals surface area contributed by atoms with Gasteiger partial charge in [-0.1, -0.05) is 75.7 Å². The second-order valence-electron chi connectivity index (χ2n) is 8.61. The van der Waals surface area contributed by atoms with Crippen molar-refractivity contribution in [1.29, 1.82) is 0 Å². The molecule has 0 radical (unpaired) electrons. The van der Waals surface area contributed by atoms with Crippen molar-refractivity contribution in [2.24, 2.45) is 5.92 Å². The minimum absolute atomic E-state index is 0.0846. The molecule has 0 saturated heterocycles. The lowest BCUT2D eigenvalue weighted by atomic mass is 9.98. The van der Waals surface area contributed by atoms with Gasteiger partial charge in [-0.3, -0.25) is 9.13 Å². The Bertz CT molecular complexity index is 1200. The van der Waals surface area contributed by atoms with Gasteiger partial charge in [-0.05, 0) is 45.9 Å². The molecule has 2 aromatic carbocycles. The van der Waals surface area contributed by atoms with Crippen LogP contribution >= 0.6 is 0 Å². The summed E-state index contributed by atoms with van der Waals surface area (Å²) >= 11 is 0. The van der Waals surface area contributed by atoms with E-state index in [0.717, 1.165) is 53.8 Å². The number of hydrogen-bond acceptors (Lipinski definition) is 4. The molecule has 2 aromatic heterocycles. The zero-order valence-electron chi connectivity index (χ0n) is 19.0.